The van der Waals surface area contributed by atoms with Crippen LogP contribution in [0.3, 0.4) is 0 Å². The van der Waals surface area contributed by atoms with Crippen LogP contribution >= 0.6 is 22.7 Å². The van der Waals surface area contributed by atoms with Crippen molar-refractivity contribution in [3.05, 3.63) is 158 Å². The van der Waals surface area contributed by atoms with Gasteiger partial charge in [0.05, 0.1) is 32.5 Å². The van der Waals surface area contributed by atoms with Crippen molar-refractivity contribution in [1.82, 2.24) is 8.80 Å². The summed E-state index contributed by atoms with van der Waals surface area (Å²) in [7, 11) is 0. The molecule has 6 heterocycles. The Hall–Kier alpha value is -6.20. The fourth-order valence-corrected chi connectivity index (χ4v) is 11.8. The summed E-state index contributed by atoms with van der Waals surface area (Å²) in [6.07, 6.45) is 0. The van der Waals surface area contributed by atoms with Crippen molar-refractivity contribution in [3.63, 3.8) is 0 Å². The first-order valence-corrected chi connectivity index (χ1v) is 19.4. The number of aromatic nitrogens is 2. The van der Waals surface area contributed by atoms with Crippen molar-refractivity contribution in [2.24, 2.45) is 0 Å². The topological polar surface area (TPSA) is 8.82 Å². The minimum Gasteiger partial charge on any atom is -0.306 e. The van der Waals surface area contributed by atoms with Gasteiger partial charge in [0, 0.05) is 58.1 Å². The molecule has 0 atom stereocenters. The second kappa shape index (κ2) is 9.77. The molecule has 0 spiro atoms. The molecule has 0 saturated carbocycles. The maximum absolute atomic E-state index is 2.55. The minimum absolute atomic E-state index is 1.25. The highest BCUT2D eigenvalue weighted by molar-refractivity contribution is 7.25. The molecule has 0 bridgehead atoms. The Morgan fingerprint density at radius 2 is 0.865 bits per heavy atom. The molecule has 0 aliphatic rings. The largest absolute Gasteiger partial charge is 0.306 e. The number of para-hydroxylation sites is 2. The summed E-state index contributed by atoms with van der Waals surface area (Å²) in [6.45, 7) is 0. The molecule has 0 saturated heterocycles. The van der Waals surface area contributed by atoms with E-state index < -0.39 is 0 Å². The van der Waals surface area contributed by atoms with Gasteiger partial charge in [0.15, 0.2) is 0 Å². The predicted molar refractivity (Wildman–Crippen MR) is 225 cm³/mol. The number of hydrogen-bond donors (Lipinski definition) is 0. The van der Waals surface area contributed by atoms with Crippen molar-refractivity contribution in [2.75, 3.05) is 0 Å². The molecule has 0 radical (unpaired) electrons. The summed E-state index contributed by atoms with van der Waals surface area (Å²) in [5, 5.41) is 12.0. The van der Waals surface area contributed by atoms with Crippen LogP contribution in [-0.2, 0) is 0 Å². The van der Waals surface area contributed by atoms with Gasteiger partial charge < -0.3 is 4.40 Å². The van der Waals surface area contributed by atoms with Gasteiger partial charge in [0.25, 0.3) is 0 Å². The molecule has 0 aliphatic carbocycles. The number of thiophene rings is 2. The Morgan fingerprint density at radius 1 is 0.327 bits per heavy atom. The first-order chi connectivity index (χ1) is 25.8. The van der Waals surface area contributed by atoms with Gasteiger partial charge in [-0.25, -0.2) is 0 Å². The van der Waals surface area contributed by atoms with Gasteiger partial charge in [0.1, 0.15) is 4.83 Å². The van der Waals surface area contributed by atoms with Crippen molar-refractivity contribution >= 4 is 108 Å². The first kappa shape index (κ1) is 27.5. The quantitative estimate of drug-likeness (QED) is 0.174. The lowest BCUT2D eigenvalue weighted by atomic mass is 9.99. The van der Waals surface area contributed by atoms with Crippen LogP contribution in [0, 0.1) is 0 Å². The van der Waals surface area contributed by atoms with Crippen molar-refractivity contribution in [3.8, 4) is 32.0 Å². The Bertz CT molecular complexity index is 3560. The third kappa shape index (κ3) is 3.35. The highest BCUT2D eigenvalue weighted by Gasteiger charge is 2.26. The van der Waals surface area contributed by atoms with E-state index in [1.54, 1.807) is 0 Å². The van der Waals surface area contributed by atoms with E-state index >= 15 is 0 Å². The summed E-state index contributed by atoms with van der Waals surface area (Å²) in [4.78, 5) is 3.99. The van der Waals surface area contributed by atoms with Crippen LogP contribution in [0.5, 0.6) is 0 Å². The second-order valence-electron chi connectivity index (χ2n) is 14.0. The highest BCUT2D eigenvalue weighted by Crippen LogP contribution is 2.51. The summed E-state index contributed by atoms with van der Waals surface area (Å²) in [5.74, 6) is 0. The van der Waals surface area contributed by atoms with E-state index in [1.165, 1.54) is 118 Å². The van der Waals surface area contributed by atoms with Crippen LogP contribution in [0.25, 0.3) is 118 Å². The van der Waals surface area contributed by atoms with E-state index in [9.17, 15) is 0 Å². The maximum Gasteiger partial charge on any atom is 0.109 e. The molecule has 0 fully saturated rings. The average Bonchev–Trinajstić information content (AvgIpc) is 4.04. The number of fused-ring (bicyclic) bond motifs is 14. The molecule has 52 heavy (non-hydrogen) atoms. The van der Waals surface area contributed by atoms with Gasteiger partial charge in [-0.2, -0.15) is 0 Å². The Kier molecular flexibility index (Phi) is 5.17. The first-order valence-electron chi connectivity index (χ1n) is 17.8. The zero-order valence-electron chi connectivity index (χ0n) is 27.7. The number of rotatable bonds is 3. The fourth-order valence-electron chi connectivity index (χ4n) is 9.26. The van der Waals surface area contributed by atoms with E-state index in [4.69, 9.17) is 0 Å². The fraction of sp³-hybridized carbons (Fsp3) is 0. The van der Waals surface area contributed by atoms with Gasteiger partial charge in [-0.05, 0) is 52.6 Å². The van der Waals surface area contributed by atoms with Gasteiger partial charge >= 0.3 is 0 Å². The number of nitrogens with zero attached hydrogens (tertiary/aromatic N) is 2. The van der Waals surface area contributed by atoms with Crippen LogP contribution in [0.2, 0.25) is 0 Å². The van der Waals surface area contributed by atoms with Crippen LogP contribution in [-0.4, -0.2) is 8.80 Å². The van der Waals surface area contributed by atoms with Crippen molar-refractivity contribution < 1.29 is 0 Å². The molecular formula is C48H26N2S2. The zero-order valence-corrected chi connectivity index (χ0v) is 29.4. The molecule has 0 N–H and O–H groups in total. The summed E-state index contributed by atoms with van der Waals surface area (Å²) in [5.41, 5.74) is 11.5. The van der Waals surface area contributed by atoms with Crippen LogP contribution in [0.1, 0.15) is 0 Å². The maximum atomic E-state index is 2.55. The van der Waals surface area contributed by atoms with E-state index in [2.05, 4.69) is 167 Å². The third-order valence-corrected chi connectivity index (χ3v) is 13.8. The minimum atomic E-state index is 1.25. The molecule has 2 nitrogen and oxygen atoms in total. The zero-order chi connectivity index (χ0) is 33.7. The van der Waals surface area contributed by atoms with E-state index in [-0.39, 0.29) is 0 Å². The molecule has 7 aromatic carbocycles. The van der Waals surface area contributed by atoms with E-state index in [1.807, 2.05) is 22.7 Å². The Labute approximate surface area is 305 Å². The molecule has 0 unspecified atom stereocenters. The summed E-state index contributed by atoms with van der Waals surface area (Å²) in [6, 6.07) is 58.6. The molecule has 13 rings (SSSR count). The lowest BCUT2D eigenvalue weighted by Crippen LogP contribution is -1.84. The standard InChI is InChI=1S/C48H26N2S2/c1-3-11-27(12-4-1)46-42-35-19-10-16-31-36-25-29(21-23-38(36)49(43(31)35)45(42)47(52-46)28-13-5-2-6-14-28)30-22-24-39-37(26-30)32-17-9-18-34-41-33-15-7-8-20-40(33)51-48(41)50(39)44(32)34/h1-26H. The number of hydrogen-bond acceptors (Lipinski definition) is 2. The molecular weight excluding hydrogens is 669 g/mol. The van der Waals surface area contributed by atoms with Crippen LogP contribution in [0.4, 0.5) is 0 Å². The van der Waals surface area contributed by atoms with Crippen molar-refractivity contribution in [2.45, 2.75) is 0 Å². The van der Waals surface area contributed by atoms with Gasteiger partial charge in [-0.1, -0.05) is 127 Å². The van der Waals surface area contributed by atoms with Gasteiger partial charge in [-0.15, -0.1) is 22.7 Å². The number of benzene rings is 7. The van der Waals surface area contributed by atoms with Crippen LogP contribution in [0.15, 0.2) is 158 Å². The second-order valence-corrected chi connectivity index (χ2v) is 16.1. The van der Waals surface area contributed by atoms with Crippen molar-refractivity contribution in [1.29, 1.82) is 0 Å². The smallest absolute Gasteiger partial charge is 0.109 e. The third-order valence-electron chi connectivity index (χ3n) is 11.4. The van der Waals surface area contributed by atoms with E-state index in [0.29, 0.717) is 0 Å². The molecule has 0 amide bonds. The van der Waals surface area contributed by atoms with Gasteiger partial charge in [-0.3, -0.25) is 4.40 Å². The highest BCUT2D eigenvalue weighted by atomic mass is 32.1. The van der Waals surface area contributed by atoms with Crippen LogP contribution < -0.4 is 0 Å². The lowest BCUT2D eigenvalue weighted by Gasteiger charge is -2.05. The lowest BCUT2D eigenvalue weighted by molar-refractivity contribution is 1.38. The average molecular weight is 695 g/mol. The normalized spacial score (nSPS) is 12.6. The summed E-state index contributed by atoms with van der Waals surface area (Å²) < 4.78 is 6.41. The predicted octanol–water partition coefficient (Wildman–Crippen LogP) is 14.3. The van der Waals surface area contributed by atoms with Gasteiger partial charge in [0.2, 0.25) is 0 Å². The Balaban J connectivity index is 1.07. The molecule has 4 heteroatoms. The van der Waals surface area contributed by atoms with E-state index in [0.717, 1.165) is 0 Å². The monoisotopic (exact) mass is 694 g/mol. The Morgan fingerprint density at radius 3 is 1.56 bits per heavy atom. The summed E-state index contributed by atoms with van der Waals surface area (Å²) >= 11 is 3.82. The molecule has 6 aromatic heterocycles. The molecule has 240 valence electrons. The molecule has 0 aliphatic heterocycles. The molecule has 13 aromatic rings. The SMILES string of the molecule is c1ccc(-c2sc(-c3ccccc3)c3c2c2cccc4c5cc(-c6ccc7c(c6)c6cccc8c9c%10ccccc%10sc9n7c68)ccc5n3c42)cc1.